The van der Waals surface area contributed by atoms with Crippen LogP contribution in [0.1, 0.15) is 55.2 Å². The fourth-order valence-corrected chi connectivity index (χ4v) is 4.96. The van der Waals surface area contributed by atoms with E-state index in [1.165, 1.54) is 29.2 Å². The van der Waals surface area contributed by atoms with Gasteiger partial charge < -0.3 is 5.11 Å². The Bertz CT molecular complexity index is 425. The lowest BCUT2D eigenvalue weighted by molar-refractivity contribution is 0.259. The molecule has 4 atom stereocenters. The van der Waals surface area contributed by atoms with E-state index in [0.29, 0.717) is 5.75 Å². The quantitative estimate of drug-likeness (QED) is 0.692. The van der Waals surface area contributed by atoms with Crippen molar-refractivity contribution in [1.82, 2.24) is 0 Å². The van der Waals surface area contributed by atoms with Gasteiger partial charge in [0.15, 0.2) is 0 Å². The van der Waals surface area contributed by atoms with Gasteiger partial charge in [0.25, 0.3) is 0 Å². The van der Waals surface area contributed by atoms with Crippen molar-refractivity contribution >= 4 is 0 Å². The van der Waals surface area contributed by atoms with Crippen molar-refractivity contribution in [2.75, 3.05) is 0 Å². The monoisotopic (exact) mass is 272 g/mol. The molecule has 0 aromatic heterocycles. The van der Waals surface area contributed by atoms with Gasteiger partial charge in [0, 0.05) is 0 Å². The van der Waals surface area contributed by atoms with Crippen LogP contribution in [0.25, 0.3) is 0 Å². The molecule has 2 bridgehead atoms. The van der Waals surface area contributed by atoms with E-state index in [1.54, 1.807) is 44.6 Å². The molecule has 1 nitrogen and oxygen atoms in total. The molecule has 4 unspecified atom stereocenters. The van der Waals surface area contributed by atoms with Gasteiger partial charge in [0.1, 0.15) is 5.75 Å². The summed E-state index contributed by atoms with van der Waals surface area (Å²) in [5, 5.41) is 9.22. The van der Waals surface area contributed by atoms with Crippen LogP contribution in [0.4, 0.5) is 0 Å². The Morgan fingerprint density at radius 3 is 1.90 bits per heavy atom. The van der Waals surface area contributed by atoms with Gasteiger partial charge >= 0.3 is 0 Å². The summed E-state index contributed by atoms with van der Waals surface area (Å²) >= 11 is 0. The van der Waals surface area contributed by atoms with Crippen molar-refractivity contribution in [3.05, 3.63) is 28.8 Å². The minimum Gasteiger partial charge on any atom is -0.508 e. The van der Waals surface area contributed by atoms with E-state index in [1.807, 2.05) is 26.8 Å². The third-order valence-electron chi connectivity index (χ3n) is 6.16. The highest BCUT2D eigenvalue weighted by Crippen LogP contribution is 2.58. The molecular formula is C19H28O. The average Bonchev–Trinajstić information content (AvgIpc) is 3.10. The van der Waals surface area contributed by atoms with E-state index in [4.69, 9.17) is 0 Å². The summed E-state index contributed by atoms with van der Waals surface area (Å²) < 4.78 is 0. The Balaban J connectivity index is 0.000000121. The minimum atomic E-state index is 0.392. The molecule has 1 heteroatoms. The van der Waals surface area contributed by atoms with Crippen molar-refractivity contribution in [2.45, 2.75) is 59.3 Å². The molecule has 110 valence electrons. The van der Waals surface area contributed by atoms with Crippen LogP contribution in [0.2, 0.25) is 0 Å². The van der Waals surface area contributed by atoms with Crippen LogP contribution in [0, 0.1) is 44.4 Å². The number of rotatable bonds is 0. The van der Waals surface area contributed by atoms with Crippen molar-refractivity contribution < 1.29 is 5.11 Å². The zero-order valence-electron chi connectivity index (χ0n) is 13.2. The first-order valence-corrected chi connectivity index (χ1v) is 8.33. The molecule has 20 heavy (non-hydrogen) atoms. The number of phenolic OH excluding ortho intramolecular Hbond substituents is 1. The van der Waals surface area contributed by atoms with E-state index in [9.17, 15) is 5.11 Å². The van der Waals surface area contributed by atoms with Crippen molar-refractivity contribution in [3.8, 4) is 5.75 Å². The molecule has 3 aliphatic carbocycles. The molecule has 0 amide bonds. The number of hydrogen-bond acceptors (Lipinski definition) is 1. The van der Waals surface area contributed by atoms with Crippen molar-refractivity contribution in [1.29, 1.82) is 0 Å². The highest BCUT2D eigenvalue weighted by atomic mass is 16.3. The largest absolute Gasteiger partial charge is 0.508 e. The molecule has 1 aromatic carbocycles. The first-order valence-electron chi connectivity index (χ1n) is 8.33. The van der Waals surface area contributed by atoms with Crippen LogP contribution < -0.4 is 0 Å². The zero-order valence-corrected chi connectivity index (χ0v) is 13.2. The lowest BCUT2D eigenvalue weighted by Gasteiger charge is -2.23. The molecule has 0 aliphatic heterocycles. The lowest BCUT2D eigenvalue weighted by Crippen LogP contribution is -2.15. The third kappa shape index (κ3) is 2.47. The maximum Gasteiger partial charge on any atom is 0.118 e. The molecule has 0 radical (unpaired) electrons. The van der Waals surface area contributed by atoms with Crippen molar-refractivity contribution in [2.24, 2.45) is 23.7 Å². The predicted molar refractivity (Wildman–Crippen MR) is 84.0 cm³/mol. The molecule has 1 aromatic rings. The topological polar surface area (TPSA) is 20.2 Å². The highest BCUT2D eigenvalue weighted by molar-refractivity contribution is 5.39. The third-order valence-corrected chi connectivity index (χ3v) is 6.16. The standard InChI is InChI=1S/C10H16.C9H12O/c1-2-9-7-4-5-8(6-7)10(9)3-1;1-6-4-8(3)9(10)5-7(6)2/h7-10H,1-6H2;4-5,10H,1-3H3. The number of aryl methyl sites for hydroxylation is 3. The minimum absolute atomic E-state index is 0.392. The van der Waals surface area contributed by atoms with E-state index in [-0.39, 0.29) is 0 Å². The number of aromatic hydroxyl groups is 1. The Kier molecular flexibility index (Phi) is 3.79. The molecule has 3 saturated carbocycles. The predicted octanol–water partition coefficient (Wildman–Crippen LogP) is 5.15. The lowest BCUT2D eigenvalue weighted by atomic mass is 9.82. The maximum atomic E-state index is 9.22. The van der Waals surface area contributed by atoms with Gasteiger partial charge in [0.2, 0.25) is 0 Å². The average molecular weight is 272 g/mol. The summed E-state index contributed by atoms with van der Waals surface area (Å²) in [5.74, 6) is 5.19. The Hall–Kier alpha value is -0.980. The van der Waals surface area contributed by atoms with Crippen LogP contribution in [0.15, 0.2) is 12.1 Å². The normalized spacial score (nSPS) is 33.8. The fraction of sp³-hybridized carbons (Fsp3) is 0.684. The molecule has 3 aliphatic rings. The zero-order chi connectivity index (χ0) is 14.3. The fourth-order valence-electron chi connectivity index (χ4n) is 4.96. The summed E-state index contributed by atoms with van der Waals surface area (Å²) in [4.78, 5) is 0. The second-order valence-corrected chi connectivity index (χ2v) is 7.31. The smallest absolute Gasteiger partial charge is 0.118 e. The highest BCUT2D eigenvalue weighted by Gasteiger charge is 2.48. The SMILES string of the molecule is C1CC2C3CCC(C3)C2C1.Cc1cc(C)c(O)cc1C. The first kappa shape index (κ1) is 14.0. The second kappa shape index (κ2) is 5.42. The van der Waals surface area contributed by atoms with Crippen molar-refractivity contribution in [3.63, 3.8) is 0 Å². The number of phenols is 1. The van der Waals surface area contributed by atoms with E-state index < -0.39 is 0 Å². The van der Waals surface area contributed by atoms with Gasteiger partial charge in [0.05, 0.1) is 0 Å². The van der Waals surface area contributed by atoms with Gasteiger partial charge in [-0.15, -0.1) is 0 Å². The van der Waals surface area contributed by atoms with Crippen LogP contribution >= 0.6 is 0 Å². The summed E-state index contributed by atoms with van der Waals surface area (Å²) in [6.45, 7) is 5.94. The molecular weight excluding hydrogens is 244 g/mol. The summed E-state index contributed by atoms with van der Waals surface area (Å²) in [5.41, 5.74) is 3.32. The Morgan fingerprint density at radius 1 is 0.800 bits per heavy atom. The molecule has 0 spiro atoms. The van der Waals surface area contributed by atoms with Crippen LogP contribution in [-0.2, 0) is 0 Å². The van der Waals surface area contributed by atoms with E-state index >= 15 is 0 Å². The number of benzene rings is 1. The van der Waals surface area contributed by atoms with Gasteiger partial charge in [-0.2, -0.15) is 0 Å². The molecule has 4 rings (SSSR count). The molecule has 1 N–H and O–H groups in total. The first-order chi connectivity index (χ1) is 9.56. The molecule has 0 heterocycles. The number of hydrogen-bond donors (Lipinski definition) is 1. The van der Waals surface area contributed by atoms with Gasteiger partial charge in [-0.05, 0) is 99.3 Å². The van der Waals surface area contributed by atoms with E-state index in [0.717, 1.165) is 11.1 Å². The molecule has 3 fully saturated rings. The van der Waals surface area contributed by atoms with E-state index in [2.05, 4.69) is 0 Å². The summed E-state index contributed by atoms with van der Waals surface area (Å²) in [7, 11) is 0. The summed E-state index contributed by atoms with van der Waals surface area (Å²) in [6, 6.07) is 3.79. The van der Waals surface area contributed by atoms with Gasteiger partial charge in [-0.1, -0.05) is 12.5 Å². The number of fused-ring (bicyclic) bond motifs is 5. The van der Waals surface area contributed by atoms with Gasteiger partial charge in [-0.25, -0.2) is 0 Å². The Labute approximate surface area is 123 Å². The second-order valence-electron chi connectivity index (χ2n) is 7.31. The van der Waals surface area contributed by atoms with Crippen LogP contribution in [0.5, 0.6) is 5.75 Å². The van der Waals surface area contributed by atoms with Crippen LogP contribution in [0.3, 0.4) is 0 Å². The summed E-state index contributed by atoms with van der Waals surface area (Å²) in [6.07, 6.45) is 9.53. The van der Waals surface area contributed by atoms with Gasteiger partial charge in [-0.3, -0.25) is 0 Å². The van der Waals surface area contributed by atoms with Crippen LogP contribution in [-0.4, -0.2) is 5.11 Å². The Morgan fingerprint density at radius 2 is 1.35 bits per heavy atom. The maximum absolute atomic E-state index is 9.22. The molecule has 0 saturated heterocycles.